The molecule has 8 nitrogen and oxygen atoms in total. The van der Waals surface area contributed by atoms with Crippen LogP contribution in [-0.2, 0) is 10.0 Å². The van der Waals surface area contributed by atoms with Gasteiger partial charge in [0.25, 0.3) is 16.0 Å². The minimum atomic E-state index is -3.99. The summed E-state index contributed by atoms with van der Waals surface area (Å²) in [5, 5.41) is 15.0. The lowest BCUT2D eigenvalue weighted by Gasteiger charge is -2.06. The normalized spacial score (nSPS) is 11.3. The number of nitrogens with zero attached hydrogens (tertiary/aromatic N) is 2. The lowest BCUT2D eigenvalue weighted by atomic mass is 10.2. The molecule has 0 saturated carbocycles. The molecular weight excluding hydrogens is 308 g/mol. The number of carbonyl (C=O) groups is 1. The summed E-state index contributed by atoms with van der Waals surface area (Å²) in [7, 11) is -3.99. The van der Waals surface area contributed by atoms with Crippen molar-refractivity contribution in [1.82, 2.24) is 15.2 Å². The molecule has 1 heterocycles. The van der Waals surface area contributed by atoms with Crippen LogP contribution in [0.3, 0.4) is 0 Å². The van der Waals surface area contributed by atoms with Gasteiger partial charge < -0.3 is 5.11 Å². The van der Waals surface area contributed by atoms with Crippen LogP contribution in [0.4, 0.5) is 5.95 Å². The van der Waals surface area contributed by atoms with Gasteiger partial charge in [-0.25, -0.2) is 17.9 Å². The number of H-pyrrole nitrogens is 1. The fourth-order valence-corrected chi connectivity index (χ4v) is 2.57. The van der Waals surface area contributed by atoms with E-state index in [9.17, 15) is 13.2 Å². The molecule has 106 valence electrons. The first-order chi connectivity index (χ1) is 9.29. The van der Waals surface area contributed by atoms with Crippen LogP contribution in [0.5, 0.6) is 0 Å². The molecule has 10 heteroatoms. The molecule has 2 aromatic rings. The van der Waals surface area contributed by atoms with Crippen molar-refractivity contribution >= 4 is 33.5 Å². The molecule has 1 aromatic heterocycles. The third-order valence-electron chi connectivity index (χ3n) is 2.30. The van der Waals surface area contributed by atoms with Gasteiger partial charge in [-0.15, -0.1) is 5.10 Å². The Balaban J connectivity index is 2.39. The minimum absolute atomic E-state index is 0.0508. The summed E-state index contributed by atoms with van der Waals surface area (Å²) in [5.74, 6) is -1.01. The van der Waals surface area contributed by atoms with E-state index < -0.39 is 16.0 Å². The van der Waals surface area contributed by atoms with E-state index in [1.807, 2.05) is 0 Å². The van der Waals surface area contributed by atoms with Gasteiger partial charge in [0, 0.05) is 0 Å². The SMILES string of the molecule is Cc1nc(NS(=O)(=O)c2ccc(Cl)c(C(=O)O)c2)n[nH]1. The molecule has 0 saturated heterocycles. The van der Waals surface area contributed by atoms with E-state index in [1.165, 1.54) is 12.1 Å². The Morgan fingerprint density at radius 2 is 2.15 bits per heavy atom. The average Bonchev–Trinajstić information content (AvgIpc) is 2.73. The first-order valence-corrected chi connectivity index (χ1v) is 7.10. The van der Waals surface area contributed by atoms with Crippen molar-refractivity contribution in [2.24, 2.45) is 0 Å². The van der Waals surface area contributed by atoms with Gasteiger partial charge in [0.15, 0.2) is 0 Å². The standard InChI is InChI=1S/C10H9ClN4O4S/c1-5-12-10(14-13-5)15-20(18,19)6-2-3-8(11)7(4-6)9(16)17/h2-4H,1H3,(H,16,17)(H2,12,13,14,15). The van der Waals surface area contributed by atoms with Gasteiger partial charge >= 0.3 is 5.97 Å². The molecule has 1 aromatic carbocycles. The fraction of sp³-hybridized carbons (Fsp3) is 0.100. The van der Waals surface area contributed by atoms with E-state index in [4.69, 9.17) is 16.7 Å². The van der Waals surface area contributed by atoms with E-state index in [0.717, 1.165) is 6.07 Å². The molecule has 0 unspecified atom stereocenters. The van der Waals surface area contributed by atoms with Gasteiger partial charge in [-0.1, -0.05) is 11.6 Å². The topological polar surface area (TPSA) is 125 Å². The summed E-state index contributed by atoms with van der Waals surface area (Å²) >= 11 is 5.68. The van der Waals surface area contributed by atoms with Crippen LogP contribution in [0.25, 0.3) is 0 Å². The van der Waals surface area contributed by atoms with Crippen LogP contribution in [0.2, 0.25) is 5.02 Å². The van der Waals surface area contributed by atoms with E-state index in [2.05, 4.69) is 19.9 Å². The summed E-state index contributed by atoms with van der Waals surface area (Å²) in [4.78, 5) is 14.5. The van der Waals surface area contributed by atoms with Crippen LogP contribution in [0.1, 0.15) is 16.2 Å². The predicted octanol–water partition coefficient (Wildman–Crippen LogP) is 1.27. The molecule has 0 spiro atoms. The van der Waals surface area contributed by atoms with E-state index in [1.54, 1.807) is 6.92 Å². The summed E-state index contributed by atoms with van der Waals surface area (Å²) in [6.45, 7) is 1.61. The quantitative estimate of drug-likeness (QED) is 0.780. The Morgan fingerprint density at radius 3 is 2.70 bits per heavy atom. The minimum Gasteiger partial charge on any atom is -0.478 e. The third-order valence-corrected chi connectivity index (χ3v) is 3.96. The van der Waals surface area contributed by atoms with Crippen molar-refractivity contribution in [3.8, 4) is 0 Å². The highest BCUT2D eigenvalue weighted by atomic mass is 35.5. The van der Waals surface area contributed by atoms with E-state index >= 15 is 0 Å². The second-order valence-corrected chi connectivity index (χ2v) is 5.89. The summed E-state index contributed by atoms with van der Waals surface area (Å²) < 4.78 is 26.2. The number of carboxylic acids is 1. The zero-order valence-electron chi connectivity index (χ0n) is 10.1. The highest BCUT2D eigenvalue weighted by molar-refractivity contribution is 7.92. The molecule has 0 aliphatic rings. The number of nitrogens with one attached hydrogen (secondary N) is 2. The highest BCUT2D eigenvalue weighted by Crippen LogP contribution is 2.21. The zero-order chi connectivity index (χ0) is 14.9. The number of hydrogen-bond donors (Lipinski definition) is 3. The largest absolute Gasteiger partial charge is 0.478 e. The number of aromatic carboxylic acids is 1. The molecule has 20 heavy (non-hydrogen) atoms. The van der Waals surface area contributed by atoms with Gasteiger partial charge in [0.05, 0.1) is 15.5 Å². The van der Waals surface area contributed by atoms with Crippen LogP contribution in [0.15, 0.2) is 23.1 Å². The molecular formula is C10H9ClN4O4S. The Labute approximate surface area is 118 Å². The van der Waals surface area contributed by atoms with Gasteiger partial charge in [0.2, 0.25) is 0 Å². The second-order valence-electron chi connectivity index (χ2n) is 3.80. The van der Waals surface area contributed by atoms with Crippen LogP contribution in [-0.4, -0.2) is 34.7 Å². The first kappa shape index (κ1) is 14.3. The Morgan fingerprint density at radius 1 is 1.45 bits per heavy atom. The van der Waals surface area contributed by atoms with Gasteiger partial charge in [-0.05, 0) is 25.1 Å². The van der Waals surface area contributed by atoms with Crippen molar-refractivity contribution in [2.75, 3.05) is 4.72 Å². The number of aromatic nitrogens is 3. The molecule has 0 aliphatic carbocycles. The number of sulfonamides is 1. The van der Waals surface area contributed by atoms with Crippen molar-refractivity contribution in [3.05, 3.63) is 34.6 Å². The lowest BCUT2D eigenvalue weighted by Crippen LogP contribution is -2.15. The molecule has 0 fully saturated rings. The van der Waals surface area contributed by atoms with E-state index in [-0.39, 0.29) is 21.4 Å². The molecule has 3 N–H and O–H groups in total. The number of hydrogen-bond acceptors (Lipinski definition) is 5. The summed E-state index contributed by atoms with van der Waals surface area (Å²) in [5.41, 5.74) is -0.305. The highest BCUT2D eigenvalue weighted by Gasteiger charge is 2.19. The number of aryl methyl sites for hydroxylation is 1. The van der Waals surface area contributed by atoms with Crippen LogP contribution >= 0.6 is 11.6 Å². The maximum absolute atomic E-state index is 12.1. The monoisotopic (exact) mass is 316 g/mol. The second kappa shape index (κ2) is 5.10. The van der Waals surface area contributed by atoms with Crippen molar-refractivity contribution in [1.29, 1.82) is 0 Å². The average molecular weight is 317 g/mol. The molecule has 0 atom stereocenters. The van der Waals surface area contributed by atoms with Crippen molar-refractivity contribution < 1.29 is 18.3 Å². The number of anilines is 1. The zero-order valence-corrected chi connectivity index (χ0v) is 11.7. The van der Waals surface area contributed by atoms with Crippen LogP contribution < -0.4 is 4.72 Å². The molecule has 0 amide bonds. The van der Waals surface area contributed by atoms with E-state index in [0.29, 0.717) is 5.82 Å². The van der Waals surface area contributed by atoms with Crippen LogP contribution in [0, 0.1) is 6.92 Å². The lowest BCUT2D eigenvalue weighted by molar-refractivity contribution is 0.0697. The maximum Gasteiger partial charge on any atom is 0.337 e. The number of aromatic amines is 1. The summed E-state index contributed by atoms with van der Waals surface area (Å²) in [6, 6.07) is 3.35. The first-order valence-electron chi connectivity index (χ1n) is 5.24. The molecule has 2 rings (SSSR count). The Kier molecular flexibility index (Phi) is 3.64. The summed E-state index contributed by atoms with van der Waals surface area (Å²) in [6.07, 6.45) is 0. The maximum atomic E-state index is 12.1. The van der Waals surface area contributed by atoms with Gasteiger partial charge in [-0.2, -0.15) is 4.98 Å². The number of halogens is 1. The van der Waals surface area contributed by atoms with Gasteiger partial charge in [-0.3, -0.25) is 5.10 Å². The number of carboxylic acid groups (broad SMARTS) is 1. The Bertz CT molecular complexity index is 771. The Hall–Kier alpha value is -2.13. The number of rotatable bonds is 4. The fourth-order valence-electron chi connectivity index (χ4n) is 1.40. The predicted molar refractivity (Wildman–Crippen MR) is 70.3 cm³/mol. The number of benzene rings is 1. The third kappa shape index (κ3) is 2.89. The van der Waals surface area contributed by atoms with Crippen molar-refractivity contribution in [2.45, 2.75) is 11.8 Å². The smallest absolute Gasteiger partial charge is 0.337 e. The molecule has 0 radical (unpaired) electrons. The van der Waals surface area contributed by atoms with Gasteiger partial charge in [0.1, 0.15) is 5.82 Å². The van der Waals surface area contributed by atoms with Crippen molar-refractivity contribution in [3.63, 3.8) is 0 Å². The molecule has 0 aliphatic heterocycles. The molecule has 0 bridgehead atoms.